The molecule has 1 aromatic carbocycles. The van der Waals surface area contributed by atoms with Crippen molar-refractivity contribution in [3.8, 4) is 0 Å². The molecule has 0 bridgehead atoms. The predicted octanol–water partition coefficient (Wildman–Crippen LogP) is 5.25. The zero-order chi connectivity index (χ0) is 14.4. The average molecular weight is 289 g/mol. The summed E-state index contributed by atoms with van der Waals surface area (Å²) in [6.07, 6.45) is 4.95. The summed E-state index contributed by atoms with van der Waals surface area (Å²) in [7, 11) is 0. The molecular formula is C18H27NS. The topological polar surface area (TPSA) is 12.0 Å². The lowest BCUT2D eigenvalue weighted by Crippen LogP contribution is -2.23. The van der Waals surface area contributed by atoms with Gasteiger partial charge in [-0.2, -0.15) is 0 Å². The van der Waals surface area contributed by atoms with Crippen molar-refractivity contribution in [1.82, 2.24) is 5.32 Å². The lowest BCUT2D eigenvalue weighted by molar-refractivity contribution is 0.303. The van der Waals surface area contributed by atoms with Gasteiger partial charge < -0.3 is 5.32 Å². The van der Waals surface area contributed by atoms with Gasteiger partial charge in [0.1, 0.15) is 0 Å². The van der Waals surface area contributed by atoms with Crippen molar-refractivity contribution in [1.29, 1.82) is 0 Å². The first kappa shape index (κ1) is 15.5. The maximum absolute atomic E-state index is 3.52. The van der Waals surface area contributed by atoms with Crippen LogP contribution in [0.25, 0.3) is 10.1 Å². The van der Waals surface area contributed by atoms with Gasteiger partial charge in [0.25, 0.3) is 0 Å². The monoisotopic (exact) mass is 289 g/mol. The highest BCUT2D eigenvalue weighted by Gasteiger charge is 2.18. The Hall–Kier alpha value is -0.860. The van der Waals surface area contributed by atoms with Crippen LogP contribution in [0, 0.1) is 5.41 Å². The third kappa shape index (κ3) is 4.32. The molecule has 1 nitrogen and oxygen atoms in total. The van der Waals surface area contributed by atoms with Crippen LogP contribution < -0.4 is 5.32 Å². The molecule has 0 saturated heterocycles. The molecule has 0 radical (unpaired) electrons. The summed E-state index contributed by atoms with van der Waals surface area (Å²) >= 11 is 1.88. The van der Waals surface area contributed by atoms with Gasteiger partial charge in [-0.25, -0.2) is 0 Å². The molecule has 0 unspecified atom stereocenters. The minimum absolute atomic E-state index is 0.420. The lowest BCUT2D eigenvalue weighted by Gasteiger charge is -2.24. The molecule has 2 aromatic rings. The molecule has 0 amide bonds. The van der Waals surface area contributed by atoms with Crippen molar-refractivity contribution in [2.45, 2.75) is 46.5 Å². The number of nitrogens with one attached hydrogen (secondary N) is 1. The Kier molecular flexibility index (Phi) is 5.62. The number of thiophene rings is 1. The largest absolute Gasteiger partial charge is 0.317 e. The summed E-state index contributed by atoms with van der Waals surface area (Å²) in [4.78, 5) is 0. The number of aryl methyl sites for hydroxylation is 1. The second kappa shape index (κ2) is 7.24. The highest BCUT2D eigenvalue weighted by molar-refractivity contribution is 7.17. The van der Waals surface area contributed by atoms with Gasteiger partial charge in [-0.15, -0.1) is 11.3 Å². The van der Waals surface area contributed by atoms with Crippen LogP contribution in [0.15, 0.2) is 29.6 Å². The third-order valence-corrected chi connectivity index (χ3v) is 5.05. The first-order valence-corrected chi connectivity index (χ1v) is 8.66. The number of benzene rings is 1. The van der Waals surface area contributed by atoms with Crippen LogP contribution >= 0.6 is 11.3 Å². The standard InChI is InChI=1S/C18H27NS/c1-4-12-19-13-11-18(2,3)10-9-15-14-20-17-8-6-5-7-16(15)17/h5-8,14,19H,4,9-13H2,1-3H3. The zero-order valence-corrected chi connectivity index (χ0v) is 13.9. The summed E-state index contributed by atoms with van der Waals surface area (Å²) in [6, 6.07) is 8.77. The van der Waals surface area contributed by atoms with Crippen molar-refractivity contribution in [3.63, 3.8) is 0 Å². The Balaban J connectivity index is 1.87. The van der Waals surface area contributed by atoms with E-state index in [9.17, 15) is 0 Å². The summed E-state index contributed by atoms with van der Waals surface area (Å²) in [6.45, 7) is 9.31. The molecule has 0 fully saturated rings. The van der Waals surface area contributed by atoms with Crippen LogP contribution in [0.1, 0.15) is 45.6 Å². The maximum atomic E-state index is 3.52. The molecule has 0 spiro atoms. The Morgan fingerprint density at radius 2 is 1.90 bits per heavy atom. The number of rotatable bonds is 8. The smallest absolute Gasteiger partial charge is 0.0345 e. The van der Waals surface area contributed by atoms with E-state index in [2.05, 4.69) is 55.7 Å². The summed E-state index contributed by atoms with van der Waals surface area (Å²) in [5.74, 6) is 0. The van der Waals surface area contributed by atoms with Crippen LogP contribution in [0.3, 0.4) is 0 Å². The molecule has 0 aliphatic rings. The van der Waals surface area contributed by atoms with E-state index in [1.54, 1.807) is 0 Å². The van der Waals surface area contributed by atoms with Gasteiger partial charge in [-0.05, 0) is 66.6 Å². The second-order valence-corrected chi connectivity index (χ2v) is 7.33. The average Bonchev–Trinajstić information content (AvgIpc) is 2.85. The fraction of sp³-hybridized carbons (Fsp3) is 0.556. The number of fused-ring (bicyclic) bond motifs is 1. The van der Waals surface area contributed by atoms with E-state index in [0.29, 0.717) is 5.41 Å². The zero-order valence-electron chi connectivity index (χ0n) is 13.0. The molecular weight excluding hydrogens is 262 g/mol. The minimum Gasteiger partial charge on any atom is -0.317 e. The van der Waals surface area contributed by atoms with Gasteiger partial charge in [-0.3, -0.25) is 0 Å². The fourth-order valence-electron chi connectivity index (χ4n) is 2.55. The van der Waals surface area contributed by atoms with Gasteiger partial charge in [0.2, 0.25) is 0 Å². The molecule has 0 aliphatic heterocycles. The van der Waals surface area contributed by atoms with Crippen molar-refractivity contribution in [3.05, 3.63) is 35.2 Å². The van der Waals surface area contributed by atoms with Gasteiger partial charge in [-0.1, -0.05) is 39.0 Å². The highest BCUT2D eigenvalue weighted by atomic mass is 32.1. The van der Waals surface area contributed by atoms with Crippen LogP contribution in [-0.2, 0) is 6.42 Å². The summed E-state index contributed by atoms with van der Waals surface area (Å²) < 4.78 is 1.42. The summed E-state index contributed by atoms with van der Waals surface area (Å²) in [5, 5.41) is 7.32. The van der Waals surface area contributed by atoms with Crippen molar-refractivity contribution >= 4 is 21.4 Å². The van der Waals surface area contributed by atoms with E-state index in [-0.39, 0.29) is 0 Å². The first-order chi connectivity index (χ1) is 9.62. The molecule has 0 atom stereocenters. The molecule has 0 aliphatic carbocycles. The first-order valence-electron chi connectivity index (χ1n) is 7.78. The van der Waals surface area contributed by atoms with Crippen molar-refractivity contribution in [2.75, 3.05) is 13.1 Å². The fourth-order valence-corrected chi connectivity index (χ4v) is 3.55. The molecule has 110 valence electrons. The van der Waals surface area contributed by atoms with E-state index in [1.165, 1.54) is 41.3 Å². The molecule has 20 heavy (non-hydrogen) atoms. The molecule has 2 rings (SSSR count). The van der Waals surface area contributed by atoms with Crippen LogP contribution in [0.5, 0.6) is 0 Å². The van der Waals surface area contributed by atoms with E-state index < -0.39 is 0 Å². The SMILES string of the molecule is CCCNCCC(C)(C)CCc1csc2ccccc12. The predicted molar refractivity (Wildman–Crippen MR) is 91.7 cm³/mol. The highest BCUT2D eigenvalue weighted by Crippen LogP contribution is 2.31. The van der Waals surface area contributed by atoms with Gasteiger partial charge >= 0.3 is 0 Å². The van der Waals surface area contributed by atoms with Crippen LogP contribution in [0.4, 0.5) is 0 Å². The van der Waals surface area contributed by atoms with E-state index >= 15 is 0 Å². The summed E-state index contributed by atoms with van der Waals surface area (Å²) in [5.41, 5.74) is 1.95. The number of hydrogen-bond donors (Lipinski definition) is 1. The molecule has 0 saturated carbocycles. The Bertz CT molecular complexity index is 527. The third-order valence-electron chi connectivity index (χ3n) is 4.04. The van der Waals surface area contributed by atoms with Gasteiger partial charge in [0.05, 0.1) is 0 Å². The van der Waals surface area contributed by atoms with E-state index in [4.69, 9.17) is 0 Å². The molecule has 1 aromatic heterocycles. The van der Waals surface area contributed by atoms with E-state index in [1.807, 2.05) is 11.3 Å². The van der Waals surface area contributed by atoms with Crippen molar-refractivity contribution in [2.24, 2.45) is 5.41 Å². The minimum atomic E-state index is 0.420. The lowest BCUT2D eigenvalue weighted by atomic mass is 9.83. The van der Waals surface area contributed by atoms with Crippen LogP contribution in [-0.4, -0.2) is 13.1 Å². The Labute approximate surface area is 127 Å². The van der Waals surface area contributed by atoms with Gasteiger partial charge in [0.15, 0.2) is 0 Å². The maximum Gasteiger partial charge on any atom is 0.0345 e. The van der Waals surface area contributed by atoms with Crippen LogP contribution in [0.2, 0.25) is 0 Å². The molecule has 1 heterocycles. The Morgan fingerprint density at radius 3 is 2.70 bits per heavy atom. The normalized spacial score (nSPS) is 12.2. The van der Waals surface area contributed by atoms with Crippen molar-refractivity contribution < 1.29 is 0 Å². The Morgan fingerprint density at radius 1 is 1.10 bits per heavy atom. The van der Waals surface area contributed by atoms with Gasteiger partial charge in [0, 0.05) is 4.70 Å². The van der Waals surface area contributed by atoms with E-state index in [0.717, 1.165) is 13.1 Å². The number of hydrogen-bond acceptors (Lipinski definition) is 2. The molecule has 1 N–H and O–H groups in total. The quantitative estimate of drug-likeness (QED) is 0.654. The molecule has 2 heteroatoms. The second-order valence-electron chi connectivity index (χ2n) is 6.42.